The summed E-state index contributed by atoms with van der Waals surface area (Å²) in [6.45, 7) is 1.85. The number of ether oxygens (including phenoxy) is 1. The number of nitrogen functional groups attached to an aromatic ring is 1. The summed E-state index contributed by atoms with van der Waals surface area (Å²) >= 11 is 0. The van der Waals surface area contributed by atoms with Gasteiger partial charge in [0.25, 0.3) is 0 Å². The molecule has 2 aromatic rings. The number of hydrogen-bond donors (Lipinski definition) is 1. The maximum atomic E-state index is 13.3. The normalized spacial score (nSPS) is 10.3. The molecule has 0 radical (unpaired) electrons. The molecule has 2 rings (SSSR count). The van der Waals surface area contributed by atoms with Crippen LogP contribution >= 0.6 is 0 Å². The van der Waals surface area contributed by atoms with Gasteiger partial charge < -0.3 is 10.5 Å². The molecule has 0 amide bonds. The van der Waals surface area contributed by atoms with Gasteiger partial charge in [-0.05, 0) is 37.3 Å². The average molecular weight is 232 g/mol. The first kappa shape index (κ1) is 11.4. The lowest BCUT2D eigenvalue weighted by atomic mass is 10.0. The van der Waals surface area contributed by atoms with Crippen LogP contribution in [-0.4, -0.2) is 12.1 Å². The van der Waals surface area contributed by atoms with Crippen molar-refractivity contribution in [2.75, 3.05) is 12.8 Å². The molecule has 0 saturated heterocycles. The molecule has 1 aromatic carbocycles. The fourth-order valence-corrected chi connectivity index (χ4v) is 1.70. The molecule has 0 aliphatic carbocycles. The molecule has 1 heterocycles. The highest BCUT2D eigenvalue weighted by molar-refractivity contribution is 5.78. The molecule has 0 aliphatic rings. The van der Waals surface area contributed by atoms with E-state index < -0.39 is 0 Å². The number of pyridine rings is 1. The average Bonchev–Trinajstić information content (AvgIpc) is 2.29. The Morgan fingerprint density at radius 2 is 1.94 bits per heavy atom. The van der Waals surface area contributed by atoms with Crippen molar-refractivity contribution >= 4 is 5.82 Å². The van der Waals surface area contributed by atoms with Gasteiger partial charge in [0.1, 0.15) is 17.4 Å². The third-order valence-electron chi connectivity index (χ3n) is 2.52. The Balaban J connectivity index is 2.62. The van der Waals surface area contributed by atoms with Gasteiger partial charge in [-0.2, -0.15) is 0 Å². The van der Waals surface area contributed by atoms with Crippen LogP contribution in [-0.2, 0) is 0 Å². The minimum absolute atomic E-state index is 0.333. The maximum Gasteiger partial charge on any atom is 0.131 e. The summed E-state index contributed by atoms with van der Waals surface area (Å²) in [5.74, 6) is 0.610. The summed E-state index contributed by atoms with van der Waals surface area (Å²) in [7, 11) is 1.54. The topological polar surface area (TPSA) is 48.1 Å². The van der Waals surface area contributed by atoms with Crippen LogP contribution < -0.4 is 10.5 Å². The first-order chi connectivity index (χ1) is 8.11. The predicted molar refractivity (Wildman–Crippen MR) is 65.3 cm³/mol. The molecular formula is C13H13FN2O. The van der Waals surface area contributed by atoms with Gasteiger partial charge in [0.05, 0.1) is 7.11 Å². The number of halogens is 1. The first-order valence-corrected chi connectivity index (χ1v) is 5.19. The fourth-order valence-electron chi connectivity index (χ4n) is 1.70. The summed E-state index contributed by atoms with van der Waals surface area (Å²) in [4.78, 5) is 4.15. The largest absolute Gasteiger partial charge is 0.496 e. The Morgan fingerprint density at radius 3 is 2.59 bits per heavy atom. The van der Waals surface area contributed by atoms with Crippen LogP contribution in [0.15, 0.2) is 30.3 Å². The van der Waals surface area contributed by atoms with Crippen LogP contribution in [0.1, 0.15) is 5.69 Å². The van der Waals surface area contributed by atoms with Gasteiger partial charge in [-0.3, -0.25) is 0 Å². The van der Waals surface area contributed by atoms with Gasteiger partial charge in [0.2, 0.25) is 0 Å². The fraction of sp³-hybridized carbons (Fsp3) is 0.154. The van der Waals surface area contributed by atoms with Crippen LogP contribution in [0, 0.1) is 12.7 Å². The number of methoxy groups -OCH3 is 1. The van der Waals surface area contributed by atoms with Crippen LogP contribution in [0.5, 0.6) is 5.75 Å². The van der Waals surface area contributed by atoms with Crippen molar-refractivity contribution in [2.24, 2.45) is 0 Å². The Kier molecular flexibility index (Phi) is 2.95. The van der Waals surface area contributed by atoms with Crippen molar-refractivity contribution in [1.29, 1.82) is 0 Å². The van der Waals surface area contributed by atoms with E-state index in [1.54, 1.807) is 6.07 Å². The predicted octanol–water partition coefficient (Wildman–Crippen LogP) is 2.79. The Bertz CT molecular complexity index is 555. The first-order valence-electron chi connectivity index (χ1n) is 5.19. The molecule has 3 nitrogen and oxygen atoms in total. The minimum atomic E-state index is -0.333. The SMILES string of the molecule is COc1ccc(F)cc1-c1ccc(C)nc1N. The molecule has 0 aliphatic heterocycles. The number of nitrogens with zero attached hydrogens (tertiary/aromatic N) is 1. The lowest BCUT2D eigenvalue weighted by Gasteiger charge is -2.10. The smallest absolute Gasteiger partial charge is 0.131 e. The van der Waals surface area contributed by atoms with Crippen LogP contribution in [0.25, 0.3) is 11.1 Å². The Hall–Kier alpha value is -2.10. The van der Waals surface area contributed by atoms with Gasteiger partial charge in [-0.25, -0.2) is 9.37 Å². The second-order valence-corrected chi connectivity index (χ2v) is 3.73. The molecule has 0 bridgehead atoms. The van der Waals surface area contributed by atoms with E-state index in [9.17, 15) is 4.39 Å². The van der Waals surface area contributed by atoms with Crippen molar-refractivity contribution in [1.82, 2.24) is 4.98 Å². The van der Waals surface area contributed by atoms with Gasteiger partial charge in [0, 0.05) is 16.8 Å². The molecule has 2 N–H and O–H groups in total. The lowest BCUT2D eigenvalue weighted by Crippen LogP contribution is -1.97. The Morgan fingerprint density at radius 1 is 1.18 bits per heavy atom. The monoisotopic (exact) mass is 232 g/mol. The van der Waals surface area contributed by atoms with E-state index in [4.69, 9.17) is 10.5 Å². The highest BCUT2D eigenvalue weighted by atomic mass is 19.1. The number of benzene rings is 1. The molecule has 0 saturated carbocycles. The van der Waals surface area contributed by atoms with E-state index in [0.717, 1.165) is 5.69 Å². The second-order valence-electron chi connectivity index (χ2n) is 3.73. The highest BCUT2D eigenvalue weighted by Crippen LogP contribution is 2.33. The zero-order chi connectivity index (χ0) is 12.4. The number of aromatic nitrogens is 1. The minimum Gasteiger partial charge on any atom is -0.496 e. The van der Waals surface area contributed by atoms with Crippen molar-refractivity contribution < 1.29 is 9.13 Å². The third kappa shape index (κ3) is 2.20. The van der Waals surface area contributed by atoms with E-state index in [2.05, 4.69) is 4.98 Å². The molecule has 0 atom stereocenters. The van der Waals surface area contributed by atoms with E-state index in [-0.39, 0.29) is 5.82 Å². The van der Waals surface area contributed by atoms with Crippen molar-refractivity contribution in [3.8, 4) is 16.9 Å². The molecule has 88 valence electrons. The van der Waals surface area contributed by atoms with Crippen molar-refractivity contribution in [3.05, 3.63) is 41.8 Å². The van der Waals surface area contributed by atoms with Crippen LogP contribution in [0.3, 0.4) is 0 Å². The van der Waals surface area contributed by atoms with Crippen molar-refractivity contribution in [3.63, 3.8) is 0 Å². The Labute approximate surface area is 99.1 Å². The maximum absolute atomic E-state index is 13.3. The van der Waals surface area contributed by atoms with E-state index in [1.165, 1.54) is 19.2 Å². The molecule has 0 fully saturated rings. The molecule has 0 unspecified atom stereocenters. The molecule has 0 spiro atoms. The van der Waals surface area contributed by atoms with E-state index >= 15 is 0 Å². The van der Waals surface area contributed by atoms with Gasteiger partial charge in [0.15, 0.2) is 0 Å². The third-order valence-corrected chi connectivity index (χ3v) is 2.52. The van der Waals surface area contributed by atoms with Gasteiger partial charge >= 0.3 is 0 Å². The summed E-state index contributed by atoms with van der Waals surface area (Å²) in [5, 5.41) is 0. The zero-order valence-corrected chi connectivity index (χ0v) is 9.70. The summed E-state index contributed by atoms with van der Waals surface area (Å²) < 4.78 is 18.5. The molecular weight excluding hydrogens is 219 g/mol. The highest BCUT2D eigenvalue weighted by Gasteiger charge is 2.11. The summed E-state index contributed by atoms with van der Waals surface area (Å²) in [6.07, 6.45) is 0. The van der Waals surface area contributed by atoms with Crippen molar-refractivity contribution in [2.45, 2.75) is 6.92 Å². The lowest BCUT2D eigenvalue weighted by molar-refractivity contribution is 0.415. The number of aryl methyl sites for hydroxylation is 1. The van der Waals surface area contributed by atoms with E-state index in [1.807, 2.05) is 19.1 Å². The quantitative estimate of drug-likeness (QED) is 0.866. The number of rotatable bonds is 2. The van der Waals surface area contributed by atoms with E-state index in [0.29, 0.717) is 22.7 Å². The number of nitrogens with two attached hydrogens (primary N) is 1. The molecule has 17 heavy (non-hydrogen) atoms. The molecule has 1 aromatic heterocycles. The van der Waals surface area contributed by atoms with Crippen LogP contribution in [0.4, 0.5) is 10.2 Å². The number of anilines is 1. The van der Waals surface area contributed by atoms with Gasteiger partial charge in [-0.15, -0.1) is 0 Å². The zero-order valence-electron chi connectivity index (χ0n) is 9.70. The molecule has 4 heteroatoms. The van der Waals surface area contributed by atoms with Crippen LogP contribution in [0.2, 0.25) is 0 Å². The summed E-state index contributed by atoms with van der Waals surface area (Å²) in [5.41, 5.74) is 7.94. The number of hydrogen-bond acceptors (Lipinski definition) is 3. The summed E-state index contributed by atoms with van der Waals surface area (Å²) in [6, 6.07) is 7.96. The van der Waals surface area contributed by atoms with Gasteiger partial charge in [-0.1, -0.05) is 0 Å². The standard InChI is InChI=1S/C13H13FN2O/c1-8-3-5-10(13(15)16-8)11-7-9(14)4-6-12(11)17-2/h3-7H,1-2H3,(H2,15,16). The second kappa shape index (κ2) is 4.41.